The van der Waals surface area contributed by atoms with E-state index in [2.05, 4.69) is 44.5 Å². The number of rotatable bonds is 1. The van der Waals surface area contributed by atoms with E-state index in [0.717, 1.165) is 0 Å². The van der Waals surface area contributed by atoms with Crippen molar-refractivity contribution >= 4 is 0 Å². The predicted octanol–water partition coefficient (Wildman–Crippen LogP) is 1.42. The Morgan fingerprint density at radius 2 is 2.00 bits per heavy atom. The van der Waals surface area contributed by atoms with Crippen LogP contribution >= 0.6 is 0 Å². The van der Waals surface area contributed by atoms with Gasteiger partial charge >= 0.3 is 0 Å². The molecular formula is C10H22N2. The third-order valence-corrected chi connectivity index (χ3v) is 3.11. The molecule has 0 aliphatic carbocycles. The Kier molecular flexibility index (Phi) is 2.79. The van der Waals surface area contributed by atoms with Gasteiger partial charge in [-0.25, -0.2) is 0 Å². The van der Waals surface area contributed by atoms with Crippen molar-refractivity contribution in [3.05, 3.63) is 0 Å². The number of hydrogen-bond donors (Lipinski definition) is 0. The molecule has 0 bridgehead atoms. The molecule has 2 nitrogen and oxygen atoms in total. The third kappa shape index (κ3) is 1.80. The Balaban J connectivity index is 2.65. The Bertz CT molecular complexity index is 154. The lowest BCUT2D eigenvalue weighted by Gasteiger charge is -2.49. The van der Waals surface area contributed by atoms with Gasteiger partial charge in [0.2, 0.25) is 0 Å². The van der Waals surface area contributed by atoms with Gasteiger partial charge in [-0.3, -0.25) is 4.90 Å². The van der Waals surface area contributed by atoms with Crippen LogP contribution in [0.4, 0.5) is 0 Å². The summed E-state index contributed by atoms with van der Waals surface area (Å²) in [7, 11) is 2.22. The van der Waals surface area contributed by atoms with E-state index >= 15 is 0 Å². The smallest absolute Gasteiger partial charge is 0.0280 e. The topological polar surface area (TPSA) is 6.48 Å². The quantitative estimate of drug-likeness (QED) is 0.587. The molecule has 72 valence electrons. The van der Waals surface area contributed by atoms with Crippen molar-refractivity contribution in [2.45, 2.75) is 39.3 Å². The lowest BCUT2D eigenvalue weighted by molar-refractivity contribution is 0.00484. The molecule has 1 fully saturated rings. The van der Waals surface area contributed by atoms with E-state index in [4.69, 9.17) is 0 Å². The predicted molar refractivity (Wildman–Crippen MR) is 53.4 cm³/mol. The molecule has 0 radical (unpaired) electrons. The van der Waals surface area contributed by atoms with E-state index in [1.807, 2.05) is 0 Å². The maximum Gasteiger partial charge on any atom is 0.0280 e. The third-order valence-electron chi connectivity index (χ3n) is 3.11. The molecule has 0 aromatic heterocycles. The SMILES string of the molecule is CCN1C[C@@H](C)N(C)CC1(C)C. The van der Waals surface area contributed by atoms with Crippen molar-refractivity contribution in [1.29, 1.82) is 0 Å². The van der Waals surface area contributed by atoms with Gasteiger partial charge in [-0.15, -0.1) is 0 Å². The molecule has 0 saturated carbocycles. The summed E-state index contributed by atoms with van der Waals surface area (Å²) in [5.41, 5.74) is 0.357. The van der Waals surface area contributed by atoms with E-state index in [1.165, 1.54) is 19.6 Å². The highest BCUT2D eigenvalue weighted by Crippen LogP contribution is 2.22. The first-order valence-corrected chi connectivity index (χ1v) is 4.92. The molecule has 0 N–H and O–H groups in total. The summed E-state index contributed by atoms with van der Waals surface area (Å²) in [6, 6.07) is 0.706. The zero-order valence-electron chi connectivity index (χ0n) is 9.09. The summed E-state index contributed by atoms with van der Waals surface area (Å²) in [6.07, 6.45) is 0. The van der Waals surface area contributed by atoms with Crippen molar-refractivity contribution in [2.75, 3.05) is 26.7 Å². The molecule has 1 heterocycles. The highest BCUT2D eigenvalue weighted by molar-refractivity contribution is 4.91. The van der Waals surface area contributed by atoms with Crippen LogP contribution in [0.3, 0.4) is 0 Å². The largest absolute Gasteiger partial charge is 0.301 e. The minimum atomic E-state index is 0.357. The summed E-state index contributed by atoms with van der Waals surface area (Å²) >= 11 is 0. The van der Waals surface area contributed by atoms with Crippen LogP contribution in [0, 0.1) is 0 Å². The fourth-order valence-corrected chi connectivity index (χ4v) is 2.13. The minimum absolute atomic E-state index is 0.357. The van der Waals surface area contributed by atoms with E-state index in [-0.39, 0.29) is 0 Å². The molecule has 1 atom stereocenters. The van der Waals surface area contributed by atoms with Crippen molar-refractivity contribution in [3.8, 4) is 0 Å². The Morgan fingerprint density at radius 1 is 1.42 bits per heavy atom. The van der Waals surface area contributed by atoms with Crippen molar-refractivity contribution in [2.24, 2.45) is 0 Å². The Hall–Kier alpha value is -0.0800. The van der Waals surface area contributed by atoms with Crippen LogP contribution in [0.1, 0.15) is 27.7 Å². The molecule has 1 aliphatic heterocycles. The fourth-order valence-electron chi connectivity index (χ4n) is 2.13. The van der Waals surface area contributed by atoms with Gasteiger partial charge in [0, 0.05) is 24.7 Å². The van der Waals surface area contributed by atoms with E-state index in [0.29, 0.717) is 11.6 Å². The van der Waals surface area contributed by atoms with Crippen molar-refractivity contribution in [3.63, 3.8) is 0 Å². The molecule has 0 aromatic rings. The molecule has 0 amide bonds. The number of nitrogens with zero attached hydrogens (tertiary/aromatic N) is 2. The fraction of sp³-hybridized carbons (Fsp3) is 1.00. The van der Waals surface area contributed by atoms with Gasteiger partial charge in [-0.2, -0.15) is 0 Å². The van der Waals surface area contributed by atoms with Gasteiger partial charge < -0.3 is 4.90 Å². The van der Waals surface area contributed by atoms with Gasteiger partial charge in [0.1, 0.15) is 0 Å². The van der Waals surface area contributed by atoms with Gasteiger partial charge in [0.25, 0.3) is 0 Å². The number of hydrogen-bond acceptors (Lipinski definition) is 2. The Morgan fingerprint density at radius 3 is 2.50 bits per heavy atom. The van der Waals surface area contributed by atoms with Gasteiger partial charge in [-0.1, -0.05) is 6.92 Å². The zero-order chi connectivity index (χ0) is 9.35. The summed E-state index contributed by atoms with van der Waals surface area (Å²) in [4.78, 5) is 5.02. The van der Waals surface area contributed by atoms with E-state index in [9.17, 15) is 0 Å². The first-order chi connectivity index (χ1) is 5.47. The molecule has 0 aromatic carbocycles. The second kappa shape index (κ2) is 3.35. The molecular weight excluding hydrogens is 148 g/mol. The molecule has 1 aliphatic rings. The zero-order valence-corrected chi connectivity index (χ0v) is 9.09. The van der Waals surface area contributed by atoms with Crippen LogP contribution in [0.25, 0.3) is 0 Å². The van der Waals surface area contributed by atoms with Gasteiger partial charge in [0.05, 0.1) is 0 Å². The number of likely N-dealkylation sites (N-methyl/N-ethyl adjacent to an activating group) is 2. The first-order valence-electron chi connectivity index (χ1n) is 4.92. The average molecular weight is 170 g/mol. The van der Waals surface area contributed by atoms with E-state index in [1.54, 1.807) is 0 Å². The lowest BCUT2D eigenvalue weighted by Crippen LogP contribution is -2.61. The molecule has 12 heavy (non-hydrogen) atoms. The molecule has 2 heteroatoms. The summed E-state index contributed by atoms with van der Waals surface area (Å²) in [5, 5.41) is 0. The van der Waals surface area contributed by atoms with Gasteiger partial charge in [-0.05, 0) is 34.4 Å². The second-order valence-electron chi connectivity index (χ2n) is 4.62. The summed E-state index contributed by atoms with van der Waals surface area (Å²) < 4.78 is 0. The maximum absolute atomic E-state index is 2.57. The first kappa shape index (κ1) is 10.0. The lowest BCUT2D eigenvalue weighted by atomic mass is 9.96. The van der Waals surface area contributed by atoms with Gasteiger partial charge in [0.15, 0.2) is 0 Å². The standard InChI is InChI=1S/C10H22N2/c1-6-12-7-9(2)11(5)8-10(12,3)4/h9H,6-8H2,1-5H3/t9-/m1/s1. The van der Waals surface area contributed by atoms with Crippen LogP contribution in [-0.4, -0.2) is 48.1 Å². The molecule has 1 rings (SSSR count). The van der Waals surface area contributed by atoms with Crippen molar-refractivity contribution in [1.82, 2.24) is 9.80 Å². The van der Waals surface area contributed by atoms with Crippen LogP contribution in [0.5, 0.6) is 0 Å². The second-order valence-corrected chi connectivity index (χ2v) is 4.62. The highest BCUT2D eigenvalue weighted by Gasteiger charge is 2.34. The summed E-state index contributed by atoms with van der Waals surface area (Å²) in [6.45, 7) is 12.8. The van der Waals surface area contributed by atoms with Crippen LogP contribution in [0.2, 0.25) is 0 Å². The monoisotopic (exact) mass is 170 g/mol. The van der Waals surface area contributed by atoms with Crippen LogP contribution in [0.15, 0.2) is 0 Å². The highest BCUT2D eigenvalue weighted by atomic mass is 15.3. The molecule has 1 saturated heterocycles. The van der Waals surface area contributed by atoms with E-state index < -0.39 is 0 Å². The minimum Gasteiger partial charge on any atom is -0.301 e. The molecule has 0 unspecified atom stereocenters. The normalized spacial score (nSPS) is 32.2. The maximum atomic E-state index is 2.57. The summed E-state index contributed by atoms with van der Waals surface area (Å²) in [5.74, 6) is 0. The van der Waals surface area contributed by atoms with Crippen molar-refractivity contribution < 1.29 is 0 Å². The van der Waals surface area contributed by atoms with Crippen LogP contribution in [-0.2, 0) is 0 Å². The molecule has 0 spiro atoms. The average Bonchev–Trinajstić information content (AvgIpc) is 1.96. The number of piperazine rings is 1. The van der Waals surface area contributed by atoms with Crippen LogP contribution < -0.4 is 0 Å². The Labute approximate surface area is 76.5 Å².